The number of hydrogen-bond acceptors (Lipinski definition) is 5. The van der Waals surface area contributed by atoms with Crippen molar-refractivity contribution < 1.29 is 9.59 Å². The fraction of sp³-hybridized carbons (Fsp3) is 0.706. The largest absolute Gasteiger partial charge is 0.342 e. The Balaban J connectivity index is 1.55. The van der Waals surface area contributed by atoms with Crippen LogP contribution in [0.1, 0.15) is 36.3 Å². The third-order valence-corrected chi connectivity index (χ3v) is 6.27. The molecule has 3 heterocycles. The Kier molecular flexibility index (Phi) is 5.50. The average molecular weight is 350 g/mol. The molecule has 0 spiro atoms. The lowest BCUT2D eigenvalue weighted by atomic mass is 9.83. The third-order valence-electron chi connectivity index (χ3n) is 5.28. The van der Waals surface area contributed by atoms with Crippen LogP contribution in [0.4, 0.5) is 0 Å². The Morgan fingerprint density at radius 1 is 1.46 bits per heavy atom. The number of amides is 2. The molecule has 2 atom stereocenters. The van der Waals surface area contributed by atoms with Crippen molar-refractivity contribution in [2.75, 3.05) is 26.2 Å². The van der Waals surface area contributed by atoms with Gasteiger partial charge >= 0.3 is 0 Å². The van der Waals surface area contributed by atoms with E-state index >= 15 is 0 Å². The van der Waals surface area contributed by atoms with Crippen molar-refractivity contribution in [2.24, 2.45) is 11.7 Å². The lowest BCUT2D eigenvalue weighted by Crippen LogP contribution is -2.57. The molecule has 2 N–H and O–H groups in total. The van der Waals surface area contributed by atoms with E-state index in [0.29, 0.717) is 31.8 Å². The number of piperidine rings is 2. The zero-order valence-electron chi connectivity index (χ0n) is 14.2. The van der Waals surface area contributed by atoms with Gasteiger partial charge in [-0.25, -0.2) is 4.98 Å². The lowest BCUT2D eigenvalue weighted by molar-refractivity contribution is -0.144. The molecule has 2 aliphatic heterocycles. The Bertz CT molecular complexity index is 603. The second-order valence-electron chi connectivity index (χ2n) is 6.73. The predicted octanol–water partition coefficient (Wildman–Crippen LogP) is 1.18. The number of thiazole rings is 1. The van der Waals surface area contributed by atoms with Crippen molar-refractivity contribution in [3.8, 4) is 0 Å². The van der Waals surface area contributed by atoms with Crippen LogP contribution in [0.15, 0.2) is 5.51 Å². The van der Waals surface area contributed by atoms with Crippen LogP contribution in [0, 0.1) is 12.8 Å². The number of likely N-dealkylation sites (tertiary alicyclic amines) is 2. The molecule has 1 aromatic rings. The molecule has 1 aromatic heterocycles. The molecule has 3 rings (SSSR count). The Morgan fingerprint density at radius 2 is 2.29 bits per heavy atom. The van der Waals surface area contributed by atoms with Crippen molar-refractivity contribution in [3.05, 3.63) is 16.1 Å². The number of fused-ring (bicyclic) bond motifs is 1. The molecule has 24 heavy (non-hydrogen) atoms. The van der Waals surface area contributed by atoms with Crippen LogP contribution in [0.2, 0.25) is 0 Å². The Labute approximate surface area is 147 Å². The zero-order chi connectivity index (χ0) is 17.1. The van der Waals surface area contributed by atoms with E-state index in [9.17, 15) is 9.59 Å². The fourth-order valence-corrected chi connectivity index (χ4v) is 4.73. The standard InChI is InChI=1S/C17H26N4O2S/c1-12-15(24-11-19-12)3-5-16(22)20-8-6-14-13(10-20)2-4-17(23)21(14)9-7-18/h11,13-14H,2-10,18H2,1H3/t13-,14+/m0/s1. The summed E-state index contributed by atoms with van der Waals surface area (Å²) < 4.78 is 0. The van der Waals surface area contributed by atoms with E-state index in [0.717, 1.165) is 38.0 Å². The van der Waals surface area contributed by atoms with Gasteiger partial charge in [0.05, 0.1) is 11.2 Å². The maximum atomic E-state index is 12.6. The van der Waals surface area contributed by atoms with E-state index in [1.54, 1.807) is 11.3 Å². The number of carbonyl (C=O) groups excluding carboxylic acids is 2. The number of rotatable bonds is 5. The highest BCUT2D eigenvalue weighted by Gasteiger charge is 2.39. The number of nitrogens with zero attached hydrogens (tertiary/aromatic N) is 3. The molecule has 0 bridgehead atoms. The number of nitrogens with two attached hydrogens (primary N) is 1. The minimum absolute atomic E-state index is 0.224. The van der Waals surface area contributed by atoms with Crippen LogP contribution in [-0.4, -0.2) is 58.8 Å². The summed E-state index contributed by atoms with van der Waals surface area (Å²) in [5.41, 5.74) is 8.53. The van der Waals surface area contributed by atoms with E-state index in [1.165, 1.54) is 4.88 Å². The van der Waals surface area contributed by atoms with E-state index < -0.39 is 0 Å². The van der Waals surface area contributed by atoms with Gasteiger partial charge in [-0.15, -0.1) is 11.3 Å². The number of carbonyl (C=O) groups is 2. The van der Waals surface area contributed by atoms with Crippen LogP contribution in [-0.2, 0) is 16.0 Å². The molecule has 0 aliphatic carbocycles. The highest BCUT2D eigenvalue weighted by atomic mass is 32.1. The smallest absolute Gasteiger partial charge is 0.222 e. The topological polar surface area (TPSA) is 79.5 Å². The maximum Gasteiger partial charge on any atom is 0.222 e. The van der Waals surface area contributed by atoms with Gasteiger partial charge in [0.2, 0.25) is 11.8 Å². The molecule has 2 saturated heterocycles. The maximum absolute atomic E-state index is 12.6. The summed E-state index contributed by atoms with van der Waals surface area (Å²) in [4.78, 5) is 34.1. The highest BCUT2D eigenvalue weighted by Crippen LogP contribution is 2.31. The third kappa shape index (κ3) is 3.62. The minimum atomic E-state index is 0.224. The molecular weight excluding hydrogens is 324 g/mol. The van der Waals surface area contributed by atoms with Gasteiger partial charge < -0.3 is 15.5 Å². The summed E-state index contributed by atoms with van der Waals surface area (Å²) in [5, 5.41) is 0. The van der Waals surface area contributed by atoms with Crippen LogP contribution >= 0.6 is 11.3 Å². The van der Waals surface area contributed by atoms with Gasteiger partial charge in [0, 0.05) is 49.9 Å². The molecule has 7 heteroatoms. The van der Waals surface area contributed by atoms with Crippen molar-refractivity contribution >= 4 is 23.2 Å². The zero-order valence-corrected chi connectivity index (χ0v) is 15.1. The summed E-state index contributed by atoms with van der Waals surface area (Å²) in [5.74, 6) is 0.850. The molecule has 2 amide bonds. The summed E-state index contributed by atoms with van der Waals surface area (Å²) in [6.07, 6.45) is 3.68. The number of aryl methyl sites for hydroxylation is 2. The average Bonchev–Trinajstić information content (AvgIpc) is 3.00. The molecular formula is C17H26N4O2S. The van der Waals surface area contributed by atoms with Gasteiger partial charge in [-0.05, 0) is 32.1 Å². The predicted molar refractivity (Wildman–Crippen MR) is 93.6 cm³/mol. The van der Waals surface area contributed by atoms with Crippen molar-refractivity contribution in [3.63, 3.8) is 0 Å². The van der Waals surface area contributed by atoms with E-state index in [1.807, 2.05) is 22.2 Å². The SMILES string of the molecule is Cc1ncsc1CCC(=O)N1CC[C@@H]2[C@@H](CCC(=O)N2CCN)C1. The van der Waals surface area contributed by atoms with Crippen molar-refractivity contribution in [1.82, 2.24) is 14.8 Å². The number of hydrogen-bond donors (Lipinski definition) is 1. The van der Waals surface area contributed by atoms with Crippen LogP contribution in [0.25, 0.3) is 0 Å². The van der Waals surface area contributed by atoms with Gasteiger partial charge in [0.15, 0.2) is 0 Å². The van der Waals surface area contributed by atoms with E-state index in [2.05, 4.69) is 4.98 Å². The van der Waals surface area contributed by atoms with Gasteiger partial charge in [-0.2, -0.15) is 0 Å². The first-order valence-electron chi connectivity index (χ1n) is 8.76. The van der Waals surface area contributed by atoms with Crippen molar-refractivity contribution in [1.29, 1.82) is 0 Å². The normalized spacial score (nSPS) is 24.2. The Hall–Kier alpha value is -1.47. The monoisotopic (exact) mass is 350 g/mol. The molecule has 0 radical (unpaired) electrons. The van der Waals surface area contributed by atoms with Crippen LogP contribution < -0.4 is 5.73 Å². The summed E-state index contributed by atoms with van der Waals surface area (Å²) >= 11 is 1.62. The first-order valence-corrected chi connectivity index (χ1v) is 9.64. The number of aromatic nitrogens is 1. The minimum Gasteiger partial charge on any atom is -0.342 e. The van der Waals surface area contributed by atoms with Gasteiger partial charge in [0.25, 0.3) is 0 Å². The quantitative estimate of drug-likeness (QED) is 0.865. The summed E-state index contributed by atoms with van der Waals surface area (Å²) in [6, 6.07) is 0.266. The molecule has 0 aromatic carbocycles. The first kappa shape index (κ1) is 17.4. The van der Waals surface area contributed by atoms with Gasteiger partial charge in [0.1, 0.15) is 0 Å². The molecule has 132 valence electrons. The lowest BCUT2D eigenvalue weighted by Gasteiger charge is -2.47. The summed E-state index contributed by atoms with van der Waals surface area (Å²) in [7, 11) is 0. The summed E-state index contributed by atoms with van der Waals surface area (Å²) in [6.45, 7) is 4.66. The fourth-order valence-electron chi connectivity index (χ4n) is 3.95. The molecule has 6 nitrogen and oxygen atoms in total. The second kappa shape index (κ2) is 7.61. The van der Waals surface area contributed by atoms with Crippen molar-refractivity contribution in [2.45, 2.75) is 45.1 Å². The van der Waals surface area contributed by atoms with Gasteiger partial charge in [-0.3, -0.25) is 9.59 Å². The first-order chi connectivity index (χ1) is 11.6. The second-order valence-corrected chi connectivity index (χ2v) is 7.67. The van der Waals surface area contributed by atoms with Crippen LogP contribution in [0.5, 0.6) is 0 Å². The molecule has 0 unspecified atom stereocenters. The van der Waals surface area contributed by atoms with Crippen LogP contribution in [0.3, 0.4) is 0 Å². The molecule has 2 aliphatic rings. The Morgan fingerprint density at radius 3 is 3.00 bits per heavy atom. The van der Waals surface area contributed by atoms with E-state index in [4.69, 9.17) is 5.73 Å². The highest BCUT2D eigenvalue weighted by molar-refractivity contribution is 7.09. The van der Waals surface area contributed by atoms with Gasteiger partial charge in [-0.1, -0.05) is 0 Å². The molecule has 0 saturated carbocycles. The van der Waals surface area contributed by atoms with E-state index in [-0.39, 0.29) is 17.9 Å². The molecule has 2 fully saturated rings.